The molecular formula is C19H17F2N3O3S. The molecule has 0 bridgehead atoms. The van der Waals surface area contributed by atoms with E-state index in [0.717, 1.165) is 36.4 Å². The first-order valence-corrected chi connectivity index (χ1v) is 9.73. The molecule has 1 aromatic carbocycles. The highest BCUT2D eigenvalue weighted by Crippen LogP contribution is 2.33. The predicted octanol–water partition coefficient (Wildman–Crippen LogP) is 4.36. The first kappa shape index (κ1) is 18.5. The number of halogens is 2. The van der Waals surface area contributed by atoms with Crippen LogP contribution in [0.15, 0.2) is 40.4 Å². The molecule has 28 heavy (non-hydrogen) atoms. The molecule has 9 heteroatoms. The van der Waals surface area contributed by atoms with Crippen LogP contribution in [0.4, 0.5) is 8.78 Å². The van der Waals surface area contributed by atoms with Crippen molar-refractivity contribution in [1.82, 2.24) is 15.0 Å². The number of hydrogen-bond donors (Lipinski definition) is 0. The second-order valence-electron chi connectivity index (χ2n) is 6.42. The Balaban J connectivity index is 1.45. The summed E-state index contributed by atoms with van der Waals surface area (Å²) in [5.74, 6) is -1.56. The highest BCUT2D eigenvalue weighted by molar-refractivity contribution is 7.09. The van der Waals surface area contributed by atoms with Crippen molar-refractivity contribution < 1.29 is 22.8 Å². The number of hydrogen-bond acceptors (Lipinski definition) is 6. The highest BCUT2D eigenvalue weighted by atomic mass is 32.1. The summed E-state index contributed by atoms with van der Waals surface area (Å²) in [6.45, 7) is 0.501. The lowest BCUT2D eigenvalue weighted by Crippen LogP contribution is -2.38. The number of aromatic nitrogens is 2. The molecule has 1 saturated heterocycles. The topological polar surface area (TPSA) is 68.5 Å². The Labute approximate surface area is 163 Å². The smallest absolute Gasteiger partial charge is 0.276 e. The van der Waals surface area contributed by atoms with Crippen LogP contribution in [0.5, 0.6) is 5.75 Å². The molecule has 2 aromatic heterocycles. The fraction of sp³-hybridized carbons (Fsp3) is 0.316. The highest BCUT2D eigenvalue weighted by Gasteiger charge is 2.31. The van der Waals surface area contributed by atoms with Gasteiger partial charge in [0.15, 0.2) is 23.0 Å². The van der Waals surface area contributed by atoms with E-state index in [1.165, 1.54) is 23.5 Å². The van der Waals surface area contributed by atoms with Crippen molar-refractivity contribution in [3.8, 4) is 5.75 Å². The van der Waals surface area contributed by atoms with Crippen molar-refractivity contribution in [2.45, 2.75) is 31.9 Å². The van der Waals surface area contributed by atoms with Gasteiger partial charge in [0, 0.05) is 30.3 Å². The molecule has 4 rings (SSSR count). The number of carbonyl (C=O) groups excluding carboxylic acids is 1. The fourth-order valence-electron chi connectivity index (χ4n) is 3.20. The normalized spacial score (nSPS) is 16.9. The molecule has 0 unspecified atom stereocenters. The zero-order valence-electron chi connectivity index (χ0n) is 14.8. The van der Waals surface area contributed by atoms with Crippen LogP contribution in [-0.4, -0.2) is 27.5 Å². The van der Waals surface area contributed by atoms with E-state index in [0.29, 0.717) is 6.54 Å². The van der Waals surface area contributed by atoms with Crippen LogP contribution in [0.1, 0.15) is 46.6 Å². The Morgan fingerprint density at radius 1 is 1.32 bits per heavy atom. The number of likely N-dealkylation sites (tertiary alicyclic amines) is 1. The molecule has 1 aliphatic rings. The monoisotopic (exact) mass is 405 g/mol. The van der Waals surface area contributed by atoms with Crippen LogP contribution in [0, 0.1) is 11.6 Å². The average molecular weight is 405 g/mol. The number of ether oxygens (including phenoxy) is 1. The molecule has 146 valence electrons. The lowest BCUT2D eigenvalue weighted by Gasteiger charge is -2.33. The van der Waals surface area contributed by atoms with Gasteiger partial charge in [0.05, 0.1) is 6.04 Å². The average Bonchev–Trinajstić information content (AvgIpc) is 3.39. The van der Waals surface area contributed by atoms with Gasteiger partial charge in [0.25, 0.3) is 5.91 Å². The zero-order chi connectivity index (χ0) is 19.5. The van der Waals surface area contributed by atoms with E-state index in [9.17, 15) is 13.6 Å². The molecule has 0 radical (unpaired) electrons. The number of benzene rings is 1. The predicted molar refractivity (Wildman–Crippen MR) is 96.9 cm³/mol. The molecule has 3 aromatic rings. The summed E-state index contributed by atoms with van der Waals surface area (Å²) in [6.07, 6.45) is 4.55. The molecule has 1 aliphatic heterocycles. The Morgan fingerprint density at radius 3 is 3.00 bits per heavy atom. The molecule has 0 N–H and O–H groups in total. The van der Waals surface area contributed by atoms with Crippen molar-refractivity contribution in [1.29, 1.82) is 0 Å². The summed E-state index contributed by atoms with van der Waals surface area (Å²) >= 11 is 1.53. The van der Waals surface area contributed by atoms with E-state index in [-0.39, 0.29) is 35.8 Å². The van der Waals surface area contributed by atoms with Crippen molar-refractivity contribution in [2.24, 2.45) is 0 Å². The number of nitrogens with zero attached hydrogens (tertiary/aromatic N) is 3. The van der Waals surface area contributed by atoms with Gasteiger partial charge in [-0.3, -0.25) is 4.79 Å². The summed E-state index contributed by atoms with van der Waals surface area (Å²) < 4.78 is 37.0. The van der Waals surface area contributed by atoms with Gasteiger partial charge in [-0.2, -0.15) is 0 Å². The standard InChI is InChI=1S/C19H17F2N3O3S/c20-12-4-5-17(14(21)9-12)26-11-13-10-15(23-27-13)19(25)24-7-2-1-3-16(24)18-22-6-8-28-18/h4-6,8-10,16H,1-3,7,11H2/t16-/m0/s1. The van der Waals surface area contributed by atoms with Gasteiger partial charge in [0.2, 0.25) is 0 Å². The van der Waals surface area contributed by atoms with Gasteiger partial charge in [-0.15, -0.1) is 11.3 Å². The zero-order valence-corrected chi connectivity index (χ0v) is 15.6. The quantitative estimate of drug-likeness (QED) is 0.631. The van der Waals surface area contributed by atoms with Crippen molar-refractivity contribution in [2.75, 3.05) is 6.54 Å². The van der Waals surface area contributed by atoms with Gasteiger partial charge in [-0.05, 0) is 31.4 Å². The molecule has 3 heterocycles. The van der Waals surface area contributed by atoms with Crippen molar-refractivity contribution in [3.05, 3.63) is 63.9 Å². The maximum atomic E-state index is 13.6. The van der Waals surface area contributed by atoms with Crippen molar-refractivity contribution in [3.63, 3.8) is 0 Å². The number of piperidine rings is 1. The first-order chi connectivity index (χ1) is 13.6. The van der Waals surface area contributed by atoms with Crippen LogP contribution in [0.3, 0.4) is 0 Å². The largest absolute Gasteiger partial charge is 0.482 e. The fourth-order valence-corrected chi connectivity index (χ4v) is 3.99. The minimum Gasteiger partial charge on any atom is -0.482 e. The second-order valence-corrected chi connectivity index (χ2v) is 7.35. The Hall–Kier alpha value is -2.81. The second kappa shape index (κ2) is 8.05. The molecule has 1 amide bonds. The number of thiazole rings is 1. The third-order valence-corrected chi connectivity index (χ3v) is 5.42. The number of amides is 1. The van der Waals surface area contributed by atoms with E-state index in [1.54, 1.807) is 11.1 Å². The van der Waals surface area contributed by atoms with Gasteiger partial charge in [-0.1, -0.05) is 5.16 Å². The minimum absolute atomic E-state index is 0.0639. The Kier molecular flexibility index (Phi) is 5.34. The van der Waals surface area contributed by atoms with Crippen LogP contribution in [-0.2, 0) is 6.61 Å². The van der Waals surface area contributed by atoms with E-state index in [1.807, 2.05) is 5.38 Å². The van der Waals surface area contributed by atoms with Crippen LogP contribution < -0.4 is 4.74 Å². The minimum atomic E-state index is -0.810. The van der Waals surface area contributed by atoms with Crippen LogP contribution >= 0.6 is 11.3 Å². The van der Waals surface area contributed by atoms with Gasteiger partial charge < -0.3 is 14.2 Å². The summed E-state index contributed by atoms with van der Waals surface area (Å²) in [6, 6.07) is 4.45. The van der Waals surface area contributed by atoms with E-state index in [2.05, 4.69) is 10.1 Å². The Bertz CT molecular complexity index is 961. The molecule has 0 spiro atoms. The van der Waals surface area contributed by atoms with Gasteiger partial charge in [-0.25, -0.2) is 13.8 Å². The Morgan fingerprint density at radius 2 is 2.21 bits per heavy atom. The molecular weight excluding hydrogens is 388 g/mol. The van der Waals surface area contributed by atoms with Crippen molar-refractivity contribution >= 4 is 17.2 Å². The molecule has 0 saturated carbocycles. The summed E-state index contributed by atoms with van der Waals surface area (Å²) in [4.78, 5) is 19.0. The number of carbonyl (C=O) groups is 1. The van der Waals surface area contributed by atoms with Gasteiger partial charge >= 0.3 is 0 Å². The van der Waals surface area contributed by atoms with Gasteiger partial charge in [0.1, 0.15) is 17.4 Å². The maximum Gasteiger partial charge on any atom is 0.276 e. The van der Waals surface area contributed by atoms with E-state index < -0.39 is 11.6 Å². The third kappa shape index (κ3) is 3.89. The summed E-state index contributed by atoms with van der Waals surface area (Å²) in [7, 11) is 0. The third-order valence-electron chi connectivity index (χ3n) is 4.54. The summed E-state index contributed by atoms with van der Waals surface area (Å²) in [5, 5.41) is 6.64. The lowest BCUT2D eigenvalue weighted by atomic mass is 10.0. The van der Waals surface area contributed by atoms with Crippen LogP contribution in [0.25, 0.3) is 0 Å². The number of rotatable bonds is 5. The molecule has 0 aliphatic carbocycles. The van der Waals surface area contributed by atoms with E-state index >= 15 is 0 Å². The first-order valence-electron chi connectivity index (χ1n) is 8.85. The molecule has 1 atom stereocenters. The SMILES string of the molecule is O=C(c1cc(COc2ccc(F)cc2F)on1)N1CCCC[C@H]1c1nccs1. The maximum absolute atomic E-state index is 13.6. The lowest BCUT2D eigenvalue weighted by molar-refractivity contribution is 0.0600. The van der Waals surface area contributed by atoms with E-state index in [4.69, 9.17) is 9.26 Å². The molecule has 1 fully saturated rings. The van der Waals surface area contributed by atoms with Crippen LogP contribution in [0.2, 0.25) is 0 Å². The summed E-state index contributed by atoms with van der Waals surface area (Å²) in [5.41, 5.74) is 0.168. The molecule has 6 nitrogen and oxygen atoms in total.